The molecule has 1 atom stereocenters. The molecule has 0 aromatic heterocycles. The molecular formula is C14H19NO3. The predicted octanol–water partition coefficient (Wildman–Crippen LogP) is 1.74. The Morgan fingerprint density at radius 1 is 1.44 bits per heavy atom. The number of carbonyl (C=O) groups is 1. The minimum Gasteiger partial charge on any atom is -0.382 e. The first kappa shape index (κ1) is 13.1. The van der Waals surface area contributed by atoms with Gasteiger partial charge >= 0.3 is 0 Å². The van der Waals surface area contributed by atoms with Gasteiger partial charge in [-0.2, -0.15) is 0 Å². The molecule has 1 fully saturated rings. The summed E-state index contributed by atoms with van der Waals surface area (Å²) >= 11 is 0. The SMILES string of the molecule is COC[C@H]1CN(c2ccc(C(C)=O)cc2)CCO1. The van der Waals surface area contributed by atoms with Crippen LogP contribution in [0.25, 0.3) is 0 Å². The molecule has 1 heterocycles. The van der Waals surface area contributed by atoms with E-state index in [9.17, 15) is 4.79 Å². The average Bonchev–Trinajstić information content (AvgIpc) is 2.39. The third-order valence-electron chi connectivity index (χ3n) is 3.13. The van der Waals surface area contributed by atoms with Crippen molar-refractivity contribution in [3.63, 3.8) is 0 Å². The van der Waals surface area contributed by atoms with E-state index in [1.54, 1.807) is 14.0 Å². The summed E-state index contributed by atoms with van der Waals surface area (Å²) in [6.07, 6.45) is 0.122. The highest BCUT2D eigenvalue weighted by Crippen LogP contribution is 2.18. The maximum Gasteiger partial charge on any atom is 0.159 e. The van der Waals surface area contributed by atoms with Crippen LogP contribution in [-0.2, 0) is 9.47 Å². The molecule has 98 valence electrons. The number of hydrogen-bond donors (Lipinski definition) is 0. The zero-order chi connectivity index (χ0) is 13.0. The van der Waals surface area contributed by atoms with Crippen LogP contribution < -0.4 is 4.90 Å². The summed E-state index contributed by atoms with van der Waals surface area (Å²) in [5.74, 6) is 0.0980. The van der Waals surface area contributed by atoms with Crippen molar-refractivity contribution in [3.05, 3.63) is 29.8 Å². The Morgan fingerprint density at radius 3 is 2.78 bits per heavy atom. The summed E-state index contributed by atoms with van der Waals surface area (Å²) < 4.78 is 10.7. The molecule has 0 saturated carbocycles. The maximum absolute atomic E-state index is 11.2. The molecule has 2 rings (SSSR count). The van der Waals surface area contributed by atoms with Gasteiger partial charge in [0.15, 0.2) is 5.78 Å². The van der Waals surface area contributed by atoms with Gasteiger partial charge in [0.1, 0.15) is 0 Å². The van der Waals surface area contributed by atoms with Crippen LogP contribution in [0.5, 0.6) is 0 Å². The minimum absolute atomic E-state index is 0.0980. The third kappa shape index (κ3) is 3.09. The summed E-state index contributed by atoms with van der Waals surface area (Å²) in [4.78, 5) is 13.5. The van der Waals surface area contributed by atoms with Crippen molar-refractivity contribution in [1.29, 1.82) is 0 Å². The van der Waals surface area contributed by atoms with E-state index in [2.05, 4.69) is 4.90 Å². The molecule has 4 nitrogen and oxygen atoms in total. The van der Waals surface area contributed by atoms with E-state index < -0.39 is 0 Å². The number of anilines is 1. The van der Waals surface area contributed by atoms with E-state index in [-0.39, 0.29) is 11.9 Å². The Morgan fingerprint density at radius 2 is 2.17 bits per heavy atom. The smallest absolute Gasteiger partial charge is 0.159 e. The van der Waals surface area contributed by atoms with Crippen LogP contribution in [0.3, 0.4) is 0 Å². The van der Waals surface area contributed by atoms with E-state index in [1.165, 1.54) is 0 Å². The molecule has 0 N–H and O–H groups in total. The molecular weight excluding hydrogens is 230 g/mol. The molecule has 1 aromatic rings. The minimum atomic E-state index is 0.0980. The fraction of sp³-hybridized carbons (Fsp3) is 0.500. The molecule has 18 heavy (non-hydrogen) atoms. The first-order valence-electron chi connectivity index (χ1n) is 6.17. The van der Waals surface area contributed by atoms with Gasteiger partial charge in [-0.1, -0.05) is 0 Å². The van der Waals surface area contributed by atoms with Crippen molar-refractivity contribution in [3.8, 4) is 0 Å². The second-order valence-corrected chi connectivity index (χ2v) is 4.50. The van der Waals surface area contributed by atoms with Gasteiger partial charge in [0, 0.05) is 31.5 Å². The van der Waals surface area contributed by atoms with Crippen molar-refractivity contribution in [2.45, 2.75) is 13.0 Å². The summed E-state index contributed by atoms with van der Waals surface area (Å²) in [5.41, 5.74) is 1.88. The fourth-order valence-electron chi connectivity index (χ4n) is 2.15. The van der Waals surface area contributed by atoms with Gasteiger partial charge in [-0.3, -0.25) is 4.79 Å². The van der Waals surface area contributed by atoms with Crippen LogP contribution in [0.15, 0.2) is 24.3 Å². The van der Waals surface area contributed by atoms with E-state index >= 15 is 0 Å². The Labute approximate surface area is 107 Å². The summed E-state index contributed by atoms with van der Waals surface area (Å²) in [7, 11) is 1.68. The highest BCUT2D eigenvalue weighted by atomic mass is 16.5. The molecule has 1 saturated heterocycles. The monoisotopic (exact) mass is 249 g/mol. The van der Waals surface area contributed by atoms with Crippen molar-refractivity contribution < 1.29 is 14.3 Å². The number of rotatable bonds is 4. The second kappa shape index (κ2) is 5.98. The number of morpholine rings is 1. The first-order valence-corrected chi connectivity index (χ1v) is 6.17. The number of nitrogens with zero attached hydrogens (tertiary/aromatic N) is 1. The Balaban J connectivity index is 2.04. The van der Waals surface area contributed by atoms with Gasteiger partial charge in [0.2, 0.25) is 0 Å². The number of ketones is 1. The largest absolute Gasteiger partial charge is 0.382 e. The van der Waals surface area contributed by atoms with Crippen molar-refractivity contribution in [1.82, 2.24) is 0 Å². The number of hydrogen-bond acceptors (Lipinski definition) is 4. The van der Waals surface area contributed by atoms with Crippen molar-refractivity contribution >= 4 is 11.5 Å². The predicted molar refractivity (Wildman–Crippen MR) is 70.3 cm³/mol. The quantitative estimate of drug-likeness (QED) is 0.762. The number of ether oxygens (including phenoxy) is 2. The Kier molecular flexibility index (Phi) is 4.33. The fourth-order valence-corrected chi connectivity index (χ4v) is 2.15. The number of Topliss-reactive ketones (excluding diaryl/α,β-unsaturated/α-hetero) is 1. The maximum atomic E-state index is 11.2. The van der Waals surface area contributed by atoms with Crippen LogP contribution >= 0.6 is 0 Å². The van der Waals surface area contributed by atoms with Gasteiger partial charge in [-0.15, -0.1) is 0 Å². The lowest BCUT2D eigenvalue weighted by molar-refractivity contribution is -0.0100. The lowest BCUT2D eigenvalue weighted by Gasteiger charge is -2.34. The van der Waals surface area contributed by atoms with Crippen LogP contribution in [0.1, 0.15) is 17.3 Å². The van der Waals surface area contributed by atoms with E-state index in [0.717, 1.165) is 24.3 Å². The van der Waals surface area contributed by atoms with Gasteiger partial charge in [-0.25, -0.2) is 0 Å². The van der Waals surface area contributed by atoms with Crippen molar-refractivity contribution in [2.24, 2.45) is 0 Å². The van der Waals surface area contributed by atoms with Crippen LogP contribution in [0, 0.1) is 0 Å². The average molecular weight is 249 g/mol. The number of carbonyl (C=O) groups excluding carboxylic acids is 1. The zero-order valence-corrected chi connectivity index (χ0v) is 10.9. The third-order valence-corrected chi connectivity index (χ3v) is 3.13. The van der Waals surface area contributed by atoms with Gasteiger partial charge in [0.25, 0.3) is 0 Å². The summed E-state index contributed by atoms with van der Waals surface area (Å²) in [6.45, 7) is 4.61. The molecule has 0 amide bonds. The summed E-state index contributed by atoms with van der Waals surface area (Å²) in [5, 5.41) is 0. The van der Waals surface area contributed by atoms with Crippen LogP contribution in [0.2, 0.25) is 0 Å². The lowest BCUT2D eigenvalue weighted by atomic mass is 10.1. The van der Waals surface area contributed by atoms with E-state index in [1.807, 2.05) is 24.3 Å². The molecule has 1 aliphatic heterocycles. The highest BCUT2D eigenvalue weighted by Gasteiger charge is 2.20. The normalized spacial score (nSPS) is 19.9. The first-order chi connectivity index (χ1) is 8.70. The molecule has 0 unspecified atom stereocenters. The van der Waals surface area contributed by atoms with E-state index in [4.69, 9.17) is 9.47 Å². The van der Waals surface area contributed by atoms with Gasteiger partial charge < -0.3 is 14.4 Å². The standard InChI is InChI=1S/C14H19NO3/c1-11(16)12-3-5-13(6-4-12)15-7-8-18-14(9-15)10-17-2/h3-6,14H,7-10H2,1-2H3/t14-/m1/s1. The molecule has 0 spiro atoms. The molecule has 0 radical (unpaired) electrons. The van der Waals surface area contributed by atoms with Gasteiger partial charge in [0.05, 0.1) is 19.3 Å². The number of methoxy groups -OCH3 is 1. The molecule has 0 bridgehead atoms. The molecule has 1 aliphatic rings. The van der Waals surface area contributed by atoms with Crippen molar-refractivity contribution in [2.75, 3.05) is 38.3 Å². The zero-order valence-electron chi connectivity index (χ0n) is 10.9. The number of benzene rings is 1. The Hall–Kier alpha value is -1.39. The van der Waals surface area contributed by atoms with Crippen LogP contribution in [-0.4, -0.2) is 45.3 Å². The topological polar surface area (TPSA) is 38.8 Å². The van der Waals surface area contributed by atoms with Crippen LogP contribution in [0.4, 0.5) is 5.69 Å². The Bertz CT molecular complexity index is 400. The lowest BCUT2D eigenvalue weighted by Crippen LogP contribution is -2.44. The summed E-state index contributed by atoms with van der Waals surface area (Å²) in [6, 6.07) is 7.73. The second-order valence-electron chi connectivity index (χ2n) is 4.50. The van der Waals surface area contributed by atoms with E-state index in [0.29, 0.717) is 13.2 Å². The highest BCUT2D eigenvalue weighted by molar-refractivity contribution is 5.94. The molecule has 1 aromatic carbocycles. The molecule has 4 heteroatoms. The van der Waals surface area contributed by atoms with Gasteiger partial charge in [-0.05, 0) is 31.2 Å². The molecule has 0 aliphatic carbocycles.